The summed E-state index contributed by atoms with van der Waals surface area (Å²) >= 11 is 0. The number of hydrogen-bond donors (Lipinski definition) is 1. The Labute approximate surface area is 106 Å². The van der Waals surface area contributed by atoms with Crippen LogP contribution in [0.3, 0.4) is 0 Å². The lowest BCUT2D eigenvalue weighted by atomic mass is 10.2. The van der Waals surface area contributed by atoms with Crippen molar-refractivity contribution in [2.24, 2.45) is 5.73 Å². The van der Waals surface area contributed by atoms with E-state index >= 15 is 0 Å². The van der Waals surface area contributed by atoms with Crippen molar-refractivity contribution in [2.45, 2.75) is 12.5 Å². The van der Waals surface area contributed by atoms with E-state index in [4.69, 9.17) is 5.73 Å². The predicted molar refractivity (Wildman–Crippen MR) is 70.1 cm³/mol. The Hall–Kier alpha value is -2.01. The van der Waals surface area contributed by atoms with Crippen LogP contribution in [0.1, 0.15) is 6.42 Å². The molecule has 5 nitrogen and oxygen atoms in total. The number of nitrogens with two attached hydrogens (primary N) is 1. The SMILES string of the molecule is NC1CCN(c2cc(-c3cccnc3)ncn2)C1. The molecule has 1 atom stereocenters. The second-order valence-electron chi connectivity index (χ2n) is 4.50. The summed E-state index contributed by atoms with van der Waals surface area (Å²) in [5, 5.41) is 0. The van der Waals surface area contributed by atoms with Crippen LogP contribution >= 0.6 is 0 Å². The molecule has 0 bridgehead atoms. The van der Waals surface area contributed by atoms with Crippen LogP contribution in [0.25, 0.3) is 11.3 Å². The van der Waals surface area contributed by atoms with Crippen molar-refractivity contribution in [1.82, 2.24) is 15.0 Å². The molecule has 0 saturated carbocycles. The number of nitrogens with zero attached hydrogens (tertiary/aromatic N) is 4. The fourth-order valence-electron chi connectivity index (χ4n) is 2.19. The van der Waals surface area contributed by atoms with Gasteiger partial charge in [0, 0.05) is 43.2 Å². The fourth-order valence-corrected chi connectivity index (χ4v) is 2.19. The van der Waals surface area contributed by atoms with Crippen LogP contribution in [0.4, 0.5) is 5.82 Å². The fraction of sp³-hybridized carbons (Fsp3) is 0.308. The molecule has 0 amide bonds. The third-order valence-electron chi connectivity index (χ3n) is 3.16. The summed E-state index contributed by atoms with van der Waals surface area (Å²) in [7, 11) is 0. The smallest absolute Gasteiger partial charge is 0.132 e. The van der Waals surface area contributed by atoms with Crippen molar-refractivity contribution >= 4 is 5.82 Å². The highest BCUT2D eigenvalue weighted by Crippen LogP contribution is 2.22. The van der Waals surface area contributed by atoms with E-state index in [0.717, 1.165) is 36.6 Å². The van der Waals surface area contributed by atoms with Crippen molar-refractivity contribution in [1.29, 1.82) is 0 Å². The number of aromatic nitrogens is 3. The molecular weight excluding hydrogens is 226 g/mol. The molecule has 3 heterocycles. The van der Waals surface area contributed by atoms with Gasteiger partial charge in [-0.15, -0.1) is 0 Å². The van der Waals surface area contributed by atoms with E-state index < -0.39 is 0 Å². The van der Waals surface area contributed by atoms with E-state index in [0.29, 0.717) is 0 Å². The van der Waals surface area contributed by atoms with Crippen LogP contribution in [0.5, 0.6) is 0 Å². The first kappa shape index (κ1) is 11.1. The molecule has 2 N–H and O–H groups in total. The molecule has 1 aliphatic heterocycles. The zero-order chi connectivity index (χ0) is 12.4. The van der Waals surface area contributed by atoms with Crippen LogP contribution in [0, 0.1) is 0 Å². The second kappa shape index (κ2) is 4.70. The van der Waals surface area contributed by atoms with Crippen molar-refractivity contribution in [3.05, 3.63) is 36.9 Å². The Morgan fingerprint density at radius 2 is 2.28 bits per heavy atom. The van der Waals surface area contributed by atoms with Crippen LogP contribution in [0.2, 0.25) is 0 Å². The molecule has 1 unspecified atom stereocenters. The zero-order valence-electron chi connectivity index (χ0n) is 10.0. The van der Waals surface area contributed by atoms with E-state index in [-0.39, 0.29) is 6.04 Å². The van der Waals surface area contributed by atoms with E-state index in [1.165, 1.54) is 0 Å². The average Bonchev–Trinajstić information content (AvgIpc) is 2.87. The van der Waals surface area contributed by atoms with Crippen molar-refractivity contribution in [3.8, 4) is 11.3 Å². The first-order valence-electron chi connectivity index (χ1n) is 6.06. The van der Waals surface area contributed by atoms with Gasteiger partial charge >= 0.3 is 0 Å². The highest BCUT2D eigenvalue weighted by atomic mass is 15.2. The molecule has 0 spiro atoms. The molecule has 0 aromatic carbocycles. The van der Waals surface area contributed by atoms with Gasteiger partial charge in [0.25, 0.3) is 0 Å². The van der Waals surface area contributed by atoms with Crippen LogP contribution in [0.15, 0.2) is 36.9 Å². The summed E-state index contributed by atoms with van der Waals surface area (Å²) in [6.45, 7) is 1.83. The zero-order valence-corrected chi connectivity index (χ0v) is 10.0. The van der Waals surface area contributed by atoms with Gasteiger partial charge in [-0.05, 0) is 18.6 Å². The summed E-state index contributed by atoms with van der Waals surface area (Å²) in [6, 6.07) is 6.15. The first-order chi connectivity index (χ1) is 8.83. The monoisotopic (exact) mass is 241 g/mol. The quantitative estimate of drug-likeness (QED) is 0.852. The third kappa shape index (κ3) is 2.17. The minimum atomic E-state index is 0.252. The highest BCUT2D eigenvalue weighted by Gasteiger charge is 2.20. The predicted octanol–water partition coefficient (Wildman–Crippen LogP) is 1.08. The maximum absolute atomic E-state index is 5.92. The topological polar surface area (TPSA) is 67.9 Å². The van der Waals surface area contributed by atoms with Gasteiger partial charge < -0.3 is 10.6 Å². The number of pyridine rings is 1. The van der Waals surface area contributed by atoms with Gasteiger partial charge in [-0.2, -0.15) is 0 Å². The van der Waals surface area contributed by atoms with E-state index in [9.17, 15) is 0 Å². The third-order valence-corrected chi connectivity index (χ3v) is 3.16. The maximum Gasteiger partial charge on any atom is 0.132 e. The van der Waals surface area contributed by atoms with Gasteiger partial charge in [0.05, 0.1) is 5.69 Å². The molecule has 2 aromatic heterocycles. The van der Waals surface area contributed by atoms with Gasteiger partial charge in [-0.1, -0.05) is 0 Å². The number of rotatable bonds is 2. The summed E-state index contributed by atoms with van der Waals surface area (Å²) in [6.07, 6.45) is 6.18. The largest absolute Gasteiger partial charge is 0.355 e. The normalized spacial score (nSPS) is 19.2. The van der Waals surface area contributed by atoms with Crippen LogP contribution < -0.4 is 10.6 Å². The lowest BCUT2D eigenvalue weighted by Crippen LogP contribution is -2.26. The Kier molecular flexibility index (Phi) is 2.90. The standard InChI is InChI=1S/C13H15N5/c14-11-3-5-18(8-11)13-6-12(16-9-17-13)10-2-1-4-15-7-10/h1-2,4,6-7,9,11H,3,5,8,14H2. The average molecular weight is 241 g/mol. The second-order valence-corrected chi connectivity index (χ2v) is 4.50. The molecule has 0 aliphatic carbocycles. The Balaban J connectivity index is 1.90. The molecule has 1 saturated heterocycles. The molecular formula is C13H15N5. The van der Waals surface area contributed by atoms with Gasteiger partial charge in [0.15, 0.2) is 0 Å². The molecule has 92 valence electrons. The van der Waals surface area contributed by atoms with Crippen molar-refractivity contribution < 1.29 is 0 Å². The Bertz CT molecular complexity index is 528. The van der Waals surface area contributed by atoms with Crippen LogP contribution in [-0.2, 0) is 0 Å². The minimum Gasteiger partial charge on any atom is -0.355 e. The molecule has 1 aliphatic rings. The van der Waals surface area contributed by atoms with Crippen molar-refractivity contribution in [2.75, 3.05) is 18.0 Å². The molecule has 5 heteroatoms. The molecule has 1 fully saturated rings. The first-order valence-corrected chi connectivity index (χ1v) is 6.06. The molecule has 0 radical (unpaired) electrons. The van der Waals surface area contributed by atoms with Crippen LogP contribution in [-0.4, -0.2) is 34.1 Å². The van der Waals surface area contributed by atoms with Gasteiger partial charge in [0.1, 0.15) is 12.1 Å². The lowest BCUT2D eigenvalue weighted by molar-refractivity contribution is 0.751. The van der Waals surface area contributed by atoms with E-state index in [1.54, 1.807) is 12.5 Å². The molecule has 2 aromatic rings. The van der Waals surface area contributed by atoms with Gasteiger partial charge in [-0.25, -0.2) is 9.97 Å². The minimum absolute atomic E-state index is 0.252. The van der Waals surface area contributed by atoms with Gasteiger partial charge in [-0.3, -0.25) is 4.98 Å². The van der Waals surface area contributed by atoms with Crippen molar-refractivity contribution in [3.63, 3.8) is 0 Å². The maximum atomic E-state index is 5.92. The van der Waals surface area contributed by atoms with Gasteiger partial charge in [0.2, 0.25) is 0 Å². The molecule has 18 heavy (non-hydrogen) atoms. The summed E-state index contributed by atoms with van der Waals surface area (Å²) in [5.41, 5.74) is 7.82. The lowest BCUT2D eigenvalue weighted by Gasteiger charge is -2.16. The number of anilines is 1. The molecule has 3 rings (SSSR count). The number of hydrogen-bond acceptors (Lipinski definition) is 5. The Morgan fingerprint density at radius 3 is 3.00 bits per heavy atom. The highest BCUT2D eigenvalue weighted by molar-refractivity contribution is 5.61. The van der Waals surface area contributed by atoms with E-state index in [2.05, 4.69) is 19.9 Å². The summed E-state index contributed by atoms with van der Waals surface area (Å²) in [5.74, 6) is 0.941. The van der Waals surface area contributed by atoms with E-state index in [1.807, 2.05) is 24.4 Å². The Morgan fingerprint density at radius 1 is 1.33 bits per heavy atom. The summed E-state index contributed by atoms with van der Waals surface area (Å²) < 4.78 is 0. The summed E-state index contributed by atoms with van der Waals surface area (Å²) in [4.78, 5) is 14.9.